The molecule has 27 heavy (non-hydrogen) atoms. The normalized spacial score (nSPS) is 10.9. The van der Waals surface area contributed by atoms with Gasteiger partial charge in [0.2, 0.25) is 15.8 Å². The molecule has 3 heterocycles. The molecule has 4 aromatic rings. The molecule has 0 aliphatic carbocycles. The molecule has 0 saturated carbocycles. The Balaban J connectivity index is 1.61. The van der Waals surface area contributed by atoms with Crippen LogP contribution >= 0.6 is 22.7 Å². The maximum Gasteiger partial charge on any atom is 0.214 e. The maximum absolute atomic E-state index is 5.42. The van der Waals surface area contributed by atoms with Crippen molar-refractivity contribution in [3.05, 3.63) is 40.7 Å². The van der Waals surface area contributed by atoms with Gasteiger partial charge in [0.1, 0.15) is 0 Å². The van der Waals surface area contributed by atoms with Crippen LogP contribution in [-0.4, -0.2) is 35.9 Å². The summed E-state index contributed by atoms with van der Waals surface area (Å²) in [6, 6.07) is 7.90. The molecule has 4 rings (SSSR count). The van der Waals surface area contributed by atoms with Crippen molar-refractivity contribution in [1.82, 2.24) is 14.6 Å². The Labute approximate surface area is 164 Å². The van der Waals surface area contributed by atoms with Crippen molar-refractivity contribution in [3.63, 3.8) is 0 Å². The molecule has 0 aliphatic heterocycles. The van der Waals surface area contributed by atoms with Crippen LogP contribution in [0.3, 0.4) is 0 Å². The average molecular weight is 403 g/mol. The molecule has 0 unspecified atom stereocenters. The lowest BCUT2D eigenvalue weighted by Crippen LogP contribution is -1.97. The van der Waals surface area contributed by atoms with E-state index in [4.69, 9.17) is 14.2 Å². The summed E-state index contributed by atoms with van der Waals surface area (Å²) >= 11 is 3.23. The highest BCUT2D eigenvalue weighted by Crippen LogP contribution is 2.41. The first-order valence-electron chi connectivity index (χ1n) is 8.14. The highest BCUT2D eigenvalue weighted by Gasteiger charge is 2.17. The fraction of sp³-hybridized carbons (Fsp3) is 0.222. The zero-order chi connectivity index (χ0) is 18.8. The third-order valence-electron chi connectivity index (χ3n) is 4.00. The molecule has 140 valence electrons. The summed E-state index contributed by atoms with van der Waals surface area (Å²) in [5.74, 6) is 1.74. The van der Waals surface area contributed by atoms with Crippen LogP contribution in [0.4, 0.5) is 5.13 Å². The number of nitrogens with zero attached hydrogens (tertiary/aromatic N) is 3. The van der Waals surface area contributed by atoms with E-state index in [1.54, 1.807) is 37.2 Å². The van der Waals surface area contributed by atoms with Crippen LogP contribution in [0.15, 0.2) is 35.8 Å². The highest BCUT2D eigenvalue weighted by atomic mass is 32.1. The van der Waals surface area contributed by atoms with Crippen LogP contribution in [0.5, 0.6) is 17.2 Å². The quantitative estimate of drug-likeness (QED) is 0.501. The van der Waals surface area contributed by atoms with E-state index in [1.807, 2.05) is 24.4 Å². The molecular formula is C18H18N4O3S2. The SMILES string of the molecule is COc1cc(-c2cn3nc(NCc4cccs4)sc3n2)cc(OC)c1OC. The largest absolute Gasteiger partial charge is 0.493 e. The molecule has 0 spiro atoms. The van der Waals surface area contributed by atoms with Crippen molar-refractivity contribution in [2.24, 2.45) is 0 Å². The zero-order valence-electron chi connectivity index (χ0n) is 15.1. The third kappa shape index (κ3) is 3.43. The standard InChI is InChI=1S/C18H18N4O3S2/c1-23-14-7-11(8-15(24-2)16(14)25-3)13-10-22-18(20-13)27-17(21-22)19-9-12-5-4-6-26-12/h4-8,10H,9H2,1-3H3,(H,19,21). The number of hydrogen-bond acceptors (Lipinski definition) is 8. The van der Waals surface area contributed by atoms with Gasteiger partial charge in [0.15, 0.2) is 11.5 Å². The molecule has 0 radical (unpaired) electrons. The van der Waals surface area contributed by atoms with Gasteiger partial charge in [-0.1, -0.05) is 17.4 Å². The van der Waals surface area contributed by atoms with Gasteiger partial charge in [0.25, 0.3) is 0 Å². The molecule has 1 N–H and O–H groups in total. The highest BCUT2D eigenvalue weighted by molar-refractivity contribution is 7.20. The topological polar surface area (TPSA) is 69.9 Å². The number of hydrogen-bond donors (Lipinski definition) is 1. The van der Waals surface area contributed by atoms with Crippen LogP contribution < -0.4 is 19.5 Å². The summed E-state index contributed by atoms with van der Waals surface area (Å²) in [4.78, 5) is 6.76. The second kappa shape index (κ2) is 7.45. The van der Waals surface area contributed by atoms with Gasteiger partial charge < -0.3 is 19.5 Å². The van der Waals surface area contributed by atoms with E-state index in [-0.39, 0.29) is 0 Å². The maximum atomic E-state index is 5.42. The molecule has 0 bridgehead atoms. The Kier molecular flexibility index (Phi) is 4.87. The van der Waals surface area contributed by atoms with E-state index in [9.17, 15) is 0 Å². The van der Waals surface area contributed by atoms with E-state index in [0.717, 1.165) is 27.9 Å². The minimum atomic E-state index is 0.558. The van der Waals surface area contributed by atoms with E-state index in [0.29, 0.717) is 17.2 Å². The lowest BCUT2D eigenvalue weighted by molar-refractivity contribution is 0.324. The lowest BCUT2D eigenvalue weighted by Gasteiger charge is -2.13. The summed E-state index contributed by atoms with van der Waals surface area (Å²) in [6.45, 7) is 0.758. The second-order valence-electron chi connectivity index (χ2n) is 5.61. The van der Waals surface area contributed by atoms with E-state index in [1.165, 1.54) is 16.2 Å². The number of anilines is 1. The molecule has 0 atom stereocenters. The molecule has 7 nitrogen and oxygen atoms in total. The fourth-order valence-electron chi connectivity index (χ4n) is 2.72. The van der Waals surface area contributed by atoms with E-state index >= 15 is 0 Å². The monoisotopic (exact) mass is 402 g/mol. The first kappa shape index (κ1) is 17.6. The number of nitrogens with one attached hydrogen (secondary N) is 1. The summed E-state index contributed by atoms with van der Waals surface area (Å²) in [7, 11) is 4.78. The number of aromatic nitrogens is 3. The Bertz CT molecular complexity index is 1000. The van der Waals surface area contributed by atoms with Crippen LogP contribution in [0.2, 0.25) is 0 Å². The summed E-state index contributed by atoms with van der Waals surface area (Å²) in [5.41, 5.74) is 1.66. The Hall–Kier alpha value is -2.78. The number of methoxy groups -OCH3 is 3. The summed E-state index contributed by atoms with van der Waals surface area (Å²) in [6.07, 6.45) is 1.89. The molecule has 9 heteroatoms. The van der Waals surface area contributed by atoms with Gasteiger partial charge in [-0.05, 0) is 23.6 Å². The van der Waals surface area contributed by atoms with Crippen molar-refractivity contribution in [1.29, 1.82) is 0 Å². The lowest BCUT2D eigenvalue weighted by atomic mass is 10.1. The molecule has 0 aliphatic rings. The van der Waals surface area contributed by atoms with Gasteiger partial charge in [-0.2, -0.15) is 0 Å². The van der Waals surface area contributed by atoms with Crippen molar-refractivity contribution in [2.45, 2.75) is 6.54 Å². The van der Waals surface area contributed by atoms with Crippen molar-refractivity contribution >= 4 is 32.8 Å². The Morgan fingerprint density at radius 1 is 1.11 bits per heavy atom. The van der Waals surface area contributed by atoms with Crippen LogP contribution in [0, 0.1) is 0 Å². The molecule has 0 fully saturated rings. The van der Waals surface area contributed by atoms with Gasteiger partial charge in [-0.25, -0.2) is 9.50 Å². The average Bonchev–Trinajstić information content (AvgIpc) is 3.41. The number of thiophene rings is 1. The summed E-state index contributed by atoms with van der Waals surface area (Å²) < 4.78 is 18.0. The van der Waals surface area contributed by atoms with E-state index < -0.39 is 0 Å². The van der Waals surface area contributed by atoms with Crippen molar-refractivity contribution < 1.29 is 14.2 Å². The number of imidazole rings is 1. The van der Waals surface area contributed by atoms with Crippen molar-refractivity contribution in [2.75, 3.05) is 26.6 Å². The number of ether oxygens (including phenoxy) is 3. The zero-order valence-corrected chi connectivity index (χ0v) is 16.7. The Morgan fingerprint density at radius 3 is 2.48 bits per heavy atom. The predicted octanol–water partition coefficient (Wildman–Crippen LogP) is 4.16. The molecule has 1 aromatic carbocycles. The van der Waals surface area contributed by atoms with Gasteiger partial charge >= 0.3 is 0 Å². The fourth-order valence-corrected chi connectivity index (χ4v) is 4.14. The second-order valence-corrected chi connectivity index (χ2v) is 7.60. The molecule has 0 amide bonds. The summed E-state index contributed by atoms with van der Waals surface area (Å²) in [5, 5.41) is 10.8. The molecule has 0 saturated heterocycles. The number of rotatable bonds is 7. The molecule has 3 aromatic heterocycles. The first-order chi connectivity index (χ1) is 13.2. The van der Waals surface area contributed by atoms with Gasteiger partial charge in [0, 0.05) is 10.4 Å². The van der Waals surface area contributed by atoms with Crippen molar-refractivity contribution in [3.8, 4) is 28.5 Å². The molecular weight excluding hydrogens is 384 g/mol. The minimum absolute atomic E-state index is 0.558. The third-order valence-corrected chi connectivity index (χ3v) is 5.75. The van der Waals surface area contributed by atoms with Crippen LogP contribution in [0.25, 0.3) is 16.2 Å². The van der Waals surface area contributed by atoms with Gasteiger partial charge in [-0.15, -0.1) is 16.4 Å². The first-order valence-corrected chi connectivity index (χ1v) is 9.84. The Morgan fingerprint density at radius 2 is 1.89 bits per heavy atom. The number of fused-ring (bicyclic) bond motifs is 1. The smallest absolute Gasteiger partial charge is 0.214 e. The minimum Gasteiger partial charge on any atom is -0.493 e. The number of benzene rings is 1. The van der Waals surface area contributed by atoms with Gasteiger partial charge in [-0.3, -0.25) is 0 Å². The predicted molar refractivity (Wildman–Crippen MR) is 108 cm³/mol. The van der Waals surface area contributed by atoms with Crippen LogP contribution in [0.1, 0.15) is 4.88 Å². The van der Waals surface area contributed by atoms with Crippen LogP contribution in [-0.2, 0) is 6.54 Å². The van der Waals surface area contributed by atoms with E-state index in [2.05, 4.69) is 26.8 Å². The van der Waals surface area contributed by atoms with Gasteiger partial charge in [0.05, 0.1) is 39.8 Å².